The smallest absolute Gasteiger partial charge is 0.416 e. The normalized spacial score (nSPS) is 21.9. The Morgan fingerprint density at radius 2 is 1.53 bits per heavy atom. The van der Waals surface area contributed by atoms with Gasteiger partial charge in [0.1, 0.15) is 13.2 Å². The van der Waals surface area contributed by atoms with Gasteiger partial charge in [0.25, 0.3) is 0 Å². The van der Waals surface area contributed by atoms with E-state index in [0.717, 1.165) is 9.34 Å². The maximum Gasteiger partial charge on any atom is 0.416 e. The number of hydrogen-bond donors (Lipinski definition) is 1. The molecule has 2 amide bonds. The van der Waals surface area contributed by atoms with Crippen molar-refractivity contribution in [2.75, 3.05) is 26.3 Å². The average molecular weight is 254 g/mol. The van der Waals surface area contributed by atoms with Crippen LogP contribution in [0.15, 0.2) is 0 Å². The van der Waals surface area contributed by atoms with Crippen molar-refractivity contribution in [2.24, 2.45) is 0 Å². The number of nitrogens with one attached hydrogen (secondary N) is 1. The van der Waals surface area contributed by atoms with Gasteiger partial charge in [0.05, 0.1) is 13.1 Å². The minimum absolute atomic E-state index is 0.203. The first kappa shape index (κ1) is 10.6. The van der Waals surface area contributed by atoms with Crippen molar-refractivity contribution >= 4 is 30.1 Å². The molecule has 0 radical (unpaired) electrons. The van der Waals surface area contributed by atoms with Gasteiger partial charge in [0, 0.05) is 0 Å². The van der Waals surface area contributed by atoms with Crippen LogP contribution in [0.1, 0.15) is 0 Å². The van der Waals surface area contributed by atoms with Crippen LogP contribution >= 0.6 is 17.9 Å². The Morgan fingerprint density at radius 3 is 1.80 bits per heavy atom. The molecule has 2 fully saturated rings. The van der Waals surface area contributed by atoms with E-state index in [4.69, 9.17) is 16.4 Å². The molecule has 2 saturated heterocycles. The van der Waals surface area contributed by atoms with E-state index in [9.17, 15) is 9.59 Å². The molecule has 0 unspecified atom stereocenters. The topological polar surface area (TPSA) is 82.9 Å². The molecule has 2 aliphatic heterocycles. The first-order valence-electron chi connectivity index (χ1n) is 4.27. The molecule has 2 rings (SSSR count). The van der Waals surface area contributed by atoms with E-state index in [1.54, 1.807) is 0 Å². The average Bonchev–Trinajstić information content (AvgIpc) is 2.73. The van der Waals surface area contributed by atoms with E-state index in [-0.39, 0.29) is 26.3 Å². The molecule has 0 aromatic heterocycles. The third-order valence-corrected chi connectivity index (χ3v) is 5.22. The summed E-state index contributed by atoms with van der Waals surface area (Å²) in [6.07, 6.45) is -1.29. The second kappa shape index (κ2) is 3.57. The molecule has 2 aliphatic rings. The SMILES string of the molecule is N=P(Cl)(N1CCOC1=O)N1CCOC1=O. The molecule has 0 atom stereocenters. The first-order valence-corrected chi connectivity index (χ1v) is 6.87. The third-order valence-electron chi connectivity index (χ3n) is 2.12. The van der Waals surface area contributed by atoms with E-state index < -0.39 is 18.9 Å². The molecule has 7 nitrogen and oxygen atoms in total. The fourth-order valence-electron chi connectivity index (χ4n) is 1.38. The van der Waals surface area contributed by atoms with Crippen molar-refractivity contribution in [3.8, 4) is 0 Å². The standard InChI is InChI=1S/C6H9ClN3O4P/c7-15(8,9-1-3-13-5(9)11)10-2-4-14-6(10)12/h8H,1-4H2. The zero-order valence-electron chi connectivity index (χ0n) is 7.68. The van der Waals surface area contributed by atoms with Gasteiger partial charge < -0.3 is 9.47 Å². The molecule has 84 valence electrons. The van der Waals surface area contributed by atoms with Crippen molar-refractivity contribution in [1.82, 2.24) is 9.34 Å². The van der Waals surface area contributed by atoms with Crippen LogP contribution in [0, 0.1) is 5.16 Å². The predicted molar refractivity (Wildman–Crippen MR) is 51.6 cm³/mol. The Kier molecular flexibility index (Phi) is 2.52. The highest BCUT2D eigenvalue weighted by molar-refractivity contribution is 7.87. The van der Waals surface area contributed by atoms with E-state index in [1.807, 2.05) is 0 Å². The van der Waals surface area contributed by atoms with Crippen molar-refractivity contribution in [1.29, 1.82) is 5.16 Å². The summed E-state index contributed by atoms with van der Waals surface area (Å²) >= 11 is 5.97. The minimum Gasteiger partial charge on any atom is -0.447 e. The summed E-state index contributed by atoms with van der Waals surface area (Å²) in [5.74, 6) is 0. The zero-order valence-corrected chi connectivity index (χ0v) is 9.33. The Hall–Kier alpha value is -0.940. The highest BCUT2D eigenvalue weighted by atomic mass is 35.7. The number of carbonyl (C=O) groups excluding carboxylic acids is 2. The van der Waals surface area contributed by atoms with Gasteiger partial charge in [0.15, 0.2) is 0 Å². The largest absolute Gasteiger partial charge is 0.447 e. The Bertz CT molecular complexity index is 332. The number of nitrogens with zero attached hydrogens (tertiary/aromatic N) is 2. The first-order chi connectivity index (χ1) is 7.03. The fraction of sp³-hybridized carbons (Fsp3) is 0.667. The third kappa shape index (κ3) is 1.66. The minimum atomic E-state index is -3.21. The highest BCUT2D eigenvalue weighted by Crippen LogP contribution is 2.60. The fourth-order valence-corrected chi connectivity index (χ4v) is 3.71. The second-order valence-electron chi connectivity index (χ2n) is 3.00. The number of carbonyl (C=O) groups is 2. The molecule has 0 bridgehead atoms. The lowest BCUT2D eigenvalue weighted by Gasteiger charge is -2.29. The van der Waals surface area contributed by atoms with Crippen LogP contribution in [-0.2, 0) is 9.47 Å². The summed E-state index contributed by atoms with van der Waals surface area (Å²) in [7, 11) is 0. The summed E-state index contributed by atoms with van der Waals surface area (Å²) in [6.45, 7) is -2.32. The molecule has 0 spiro atoms. The molecule has 0 saturated carbocycles. The summed E-state index contributed by atoms with van der Waals surface area (Å²) in [5, 5.41) is 7.91. The van der Waals surface area contributed by atoms with Crippen molar-refractivity contribution in [2.45, 2.75) is 0 Å². The molecule has 0 aromatic carbocycles. The van der Waals surface area contributed by atoms with Crippen LogP contribution < -0.4 is 0 Å². The van der Waals surface area contributed by atoms with E-state index >= 15 is 0 Å². The van der Waals surface area contributed by atoms with Gasteiger partial charge in [-0.05, 0) is 11.2 Å². The lowest BCUT2D eigenvalue weighted by atomic mass is 10.7. The maximum absolute atomic E-state index is 11.2. The molecule has 9 heteroatoms. The number of halogens is 1. The Balaban J connectivity index is 2.22. The number of amides is 2. The lowest BCUT2D eigenvalue weighted by molar-refractivity contribution is 0.167. The van der Waals surface area contributed by atoms with Gasteiger partial charge in [-0.15, -0.1) is 0 Å². The predicted octanol–water partition coefficient (Wildman–Crippen LogP) is 1.65. The Morgan fingerprint density at radius 1 is 1.13 bits per heavy atom. The molecule has 0 aromatic rings. The van der Waals surface area contributed by atoms with Crippen molar-refractivity contribution in [3.63, 3.8) is 0 Å². The summed E-state index contributed by atoms with van der Waals surface area (Å²) < 4.78 is 11.5. The molecule has 15 heavy (non-hydrogen) atoms. The van der Waals surface area contributed by atoms with E-state index in [1.165, 1.54) is 0 Å². The van der Waals surface area contributed by atoms with Gasteiger partial charge in [-0.3, -0.25) is 5.16 Å². The Labute approximate surface area is 90.6 Å². The van der Waals surface area contributed by atoms with Crippen LogP contribution in [0.25, 0.3) is 0 Å². The van der Waals surface area contributed by atoms with E-state index in [0.29, 0.717) is 0 Å². The lowest BCUT2D eigenvalue weighted by Crippen LogP contribution is -2.30. The molecule has 2 heterocycles. The van der Waals surface area contributed by atoms with Gasteiger partial charge >= 0.3 is 12.2 Å². The van der Waals surface area contributed by atoms with Crippen LogP contribution in [0.4, 0.5) is 9.59 Å². The van der Waals surface area contributed by atoms with Crippen molar-refractivity contribution in [3.05, 3.63) is 0 Å². The van der Waals surface area contributed by atoms with Crippen LogP contribution in [0.3, 0.4) is 0 Å². The maximum atomic E-state index is 11.2. The molecule has 1 N–H and O–H groups in total. The number of cyclic esters (lactones) is 2. The van der Waals surface area contributed by atoms with Crippen LogP contribution in [-0.4, -0.2) is 47.8 Å². The summed E-state index contributed by atoms with van der Waals surface area (Å²) in [4.78, 5) is 22.5. The monoisotopic (exact) mass is 253 g/mol. The van der Waals surface area contributed by atoms with Crippen LogP contribution in [0.2, 0.25) is 0 Å². The summed E-state index contributed by atoms with van der Waals surface area (Å²) in [5.41, 5.74) is 0. The second-order valence-corrected chi connectivity index (χ2v) is 6.43. The summed E-state index contributed by atoms with van der Waals surface area (Å²) in [6, 6.07) is 0. The van der Waals surface area contributed by atoms with Gasteiger partial charge in [-0.2, -0.15) is 0 Å². The molecular formula is C6H9ClN3O4P. The molecule has 0 aliphatic carbocycles. The van der Waals surface area contributed by atoms with E-state index in [2.05, 4.69) is 9.47 Å². The van der Waals surface area contributed by atoms with Gasteiger partial charge in [0.2, 0.25) is 6.71 Å². The quantitative estimate of drug-likeness (QED) is 0.759. The van der Waals surface area contributed by atoms with Crippen LogP contribution in [0.5, 0.6) is 0 Å². The number of hydrogen-bond acceptors (Lipinski definition) is 5. The highest BCUT2D eigenvalue weighted by Gasteiger charge is 2.43. The van der Waals surface area contributed by atoms with Gasteiger partial charge in [-0.1, -0.05) is 0 Å². The number of ether oxygens (including phenoxy) is 2. The number of rotatable bonds is 2. The zero-order chi connectivity index (χ0) is 11.1. The molecular weight excluding hydrogens is 245 g/mol. The van der Waals surface area contributed by atoms with Crippen molar-refractivity contribution < 1.29 is 19.1 Å². The van der Waals surface area contributed by atoms with Gasteiger partial charge in [-0.25, -0.2) is 18.9 Å².